The maximum absolute atomic E-state index is 13.9. The fourth-order valence-electron chi connectivity index (χ4n) is 5.96. The summed E-state index contributed by atoms with van der Waals surface area (Å²) >= 11 is 7.25. The number of nitrogens with one attached hydrogen (secondary N) is 1. The highest BCUT2D eigenvalue weighted by Gasteiger charge is 2.65. The van der Waals surface area contributed by atoms with Crippen LogP contribution in [0.3, 0.4) is 0 Å². The first-order valence-electron chi connectivity index (χ1n) is 14.3. The predicted octanol–water partition coefficient (Wildman–Crippen LogP) is 0.102. The zero-order chi connectivity index (χ0) is 35.4. The molecular weight excluding hydrogens is 703 g/mol. The van der Waals surface area contributed by atoms with Crippen molar-refractivity contribution < 1.29 is 44.4 Å². The molecule has 0 spiro atoms. The van der Waals surface area contributed by atoms with Crippen LogP contribution in [0.25, 0.3) is 0 Å². The van der Waals surface area contributed by atoms with Crippen LogP contribution in [-0.2, 0) is 24.0 Å². The van der Waals surface area contributed by atoms with Gasteiger partial charge in [0.15, 0.2) is 33.7 Å². The second-order valence-corrected chi connectivity index (χ2v) is 13.3. The van der Waals surface area contributed by atoms with Crippen LogP contribution in [-0.4, -0.2) is 98.7 Å². The Hall–Kier alpha value is -5.25. The maximum atomic E-state index is 13.9. The number of nitrogen functional groups attached to an aromatic ring is 1. The summed E-state index contributed by atoms with van der Waals surface area (Å²) in [6, 6.07) is 2.88. The quantitative estimate of drug-likeness (QED) is 0.0402. The molecule has 2 amide bonds. The summed E-state index contributed by atoms with van der Waals surface area (Å²) in [6.07, 6.45) is 0.380. The number of rotatable bonds is 10. The van der Waals surface area contributed by atoms with Crippen LogP contribution < -0.4 is 22.6 Å². The molecule has 49 heavy (non-hydrogen) atoms. The molecule has 6 rings (SSSR count). The summed E-state index contributed by atoms with van der Waals surface area (Å²) in [6.45, 7) is 0. The Balaban J connectivity index is 1.32. The van der Waals surface area contributed by atoms with Gasteiger partial charge in [0.2, 0.25) is 6.10 Å². The lowest BCUT2D eigenvalue weighted by Crippen LogP contribution is -2.81. The Morgan fingerprint density at radius 3 is 2.61 bits per heavy atom. The van der Waals surface area contributed by atoms with E-state index >= 15 is 0 Å². The van der Waals surface area contributed by atoms with Gasteiger partial charge in [0, 0.05) is 27.6 Å². The van der Waals surface area contributed by atoms with Crippen LogP contribution in [0, 0.1) is 0 Å². The molecule has 0 radical (unpaired) electrons. The number of benzene rings is 1. The lowest BCUT2D eigenvalue weighted by atomic mass is 9.87. The predicted molar refractivity (Wildman–Crippen MR) is 179 cm³/mol. The lowest BCUT2D eigenvalue weighted by Gasteiger charge is -2.55. The number of aromatic hydroxyl groups is 2. The number of amides is 2. The number of nitrogens with two attached hydrogens (primary N) is 3. The number of carbonyl (C=O) groups is 4. The van der Waals surface area contributed by atoms with E-state index in [2.05, 4.69) is 20.4 Å². The number of β-lactam (4-membered cyclic amide) rings is 1. The molecule has 1 saturated carbocycles. The largest absolute Gasteiger partial charge is 0.504 e. The lowest BCUT2D eigenvalue weighted by molar-refractivity contribution is -0.153. The van der Waals surface area contributed by atoms with E-state index in [0.717, 1.165) is 63.6 Å². The molecular formula is C28H27N9O9S3. The second kappa shape index (κ2) is 12.7. The number of thioether (sulfide) groups is 1. The number of hydrazine groups is 1. The SMILES string of the molecule is NC1=C2CCCC2N(N)C(C2=C(C(=O)O)N3C(=O)C(C=S)(NC(=O)/C(=N\OC(C(=O)O)c4ccc(O)c(O)c4)c4csc(N)n4)[C@@H]3SC2)=N1. The van der Waals surface area contributed by atoms with Crippen molar-refractivity contribution in [1.82, 2.24) is 20.2 Å². The van der Waals surface area contributed by atoms with Gasteiger partial charge in [0.1, 0.15) is 22.6 Å². The number of carboxylic acid groups (broad SMARTS) is 2. The summed E-state index contributed by atoms with van der Waals surface area (Å²) in [4.78, 5) is 67.0. The van der Waals surface area contributed by atoms with Crippen LogP contribution in [0.2, 0.25) is 0 Å². The van der Waals surface area contributed by atoms with Gasteiger partial charge in [-0.15, -0.1) is 23.1 Å². The van der Waals surface area contributed by atoms with Crippen LogP contribution in [0.5, 0.6) is 11.5 Å². The molecule has 1 saturated heterocycles. The highest BCUT2D eigenvalue weighted by Crippen LogP contribution is 2.47. The smallest absolute Gasteiger partial charge is 0.353 e. The fourth-order valence-corrected chi connectivity index (χ4v) is 8.31. The average molecular weight is 730 g/mol. The van der Waals surface area contributed by atoms with E-state index in [0.29, 0.717) is 12.8 Å². The van der Waals surface area contributed by atoms with Crippen molar-refractivity contribution in [3.63, 3.8) is 0 Å². The Labute approximate surface area is 289 Å². The molecule has 1 aromatic heterocycles. The van der Waals surface area contributed by atoms with Crippen molar-refractivity contribution in [2.24, 2.45) is 21.7 Å². The van der Waals surface area contributed by atoms with Crippen molar-refractivity contribution in [2.75, 3.05) is 11.5 Å². The number of oxime groups is 1. The summed E-state index contributed by atoms with van der Waals surface area (Å²) < 4.78 is 0. The van der Waals surface area contributed by atoms with E-state index in [-0.39, 0.29) is 45.4 Å². The molecule has 4 atom stereocenters. The van der Waals surface area contributed by atoms with Gasteiger partial charge >= 0.3 is 11.9 Å². The second-order valence-electron chi connectivity index (χ2n) is 11.2. The Morgan fingerprint density at radius 2 is 1.98 bits per heavy atom. The molecule has 4 aliphatic rings. The van der Waals surface area contributed by atoms with Crippen molar-refractivity contribution in [3.05, 3.63) is 57.5 Å². The molecule has 0 bridgehead atoms. The zero-order valence-electron chi connectivity index (χ0n) is 25.0. The van der Waals surface area contributed by atoms with Crippen molar-refractivity contribution in [2.45, 2.75) is 42.3 Å². The number of carbonyl (C=O) groups excluding carboxylic acids is 2. The van der Waals surface area contributed by atoms with Crippen LogP contribution in [0.15, 0.2) is 56.4 Å². The number of hydrogen-bond acceptors (Lipinski definition) is 17. The van der Waals surface area contributed by atoms with E-state index in [4.69, 9.17) is 34.4 Å². The molecule has 1 aliphatic carbocycles. The summed E-state index contributed by atoms with van der Waals surface area (Å²) in [5.74, 6) is 0.677. The molecule has 2 aromatic rings. The van der Waals surface area contributed by atoms with Crippen molar-refractivity contribution in [3.8, 4) is 11.5 Å². The number of fused-ring (bicyclic) bond motifs is 2. The number of amidine groups is 1. The molecule has 1 aromatic carbocycles. The number of anilines is 1. The maximum Gasteiger partial charge on any atom is 0.353 e. The number of aliphatic carboxylic acids is 2. The molecule has 256 valence electrons. The number of hydrogen-bond donors (Lipinski definition) is 8. The monoisotopic (exact) mass is 729 g/mol. The Kier molecular flexibility index (Phi) is 8.69. The molecule has 3 unspecified atom stereocenters. The first-order chi connectivity index (χ1) is 23.3. The van der Waals surface area contributed by atoms with Gasteiger partial charge in [0.05, 0.1) is 6.04 Å². The number of aromatic nitrogens is 1. The number of thiocarbonyl (C=S) groups is 1. The third kappa shape index (κ3) is 5.58. The van der Waals surface area contributed by atoms with E-state index in [1.54, 1.807) is 0 Å². The number of thiazole rings is 1. The number of phenols is 2. The van der Waals surface area contributed by atoms with E-state index in [1.807, 2.05) is 0 Å². The Morgan fingerprint density at radius 1 is 1.22 bits per heavy atom. The molecule has 11 N–H and O–H groups in total. The minimum Gasteiger partial charge on any atom is -0.504 e. The van der Waals surface area contributed by atoms with E-state index < -0.39 is 63.7 Å². The van der Waals surface area contributed by atoms with Crippen LogP contribution in [0.1, 0.15) is 36.6 Å². The van der Waals surface area contributed by atoms with Gasteiger partial charge < -0.3 is 42.0 Å². The minimum atomic E-state index is -1.92. The molecule has 4 heterocycles. The molecule has 21 heteroatoms. The van der Waals surface area contributed by atoms with Gasteiger partial charge in [-0.05, 0) is 37.0 Å². The Bertz CT molecular complexity index is 1940. The first-order valence-corrected chi connectivity index (χ1v) is 16.7. The summed E-state index contributed by atoms with van der Waals surface area (Å²) in [5, 5.41) is 48.5. The topological polar surface area (TPSA) is 293 Å². The number of phenolic OH excluding ortho intramolecular Hbond substituents is 2. The fraction of sp³-hybridized carbons (Fsp3) is 0.286. The zero-order valence-corrected chi connectivity index (χ0v) is 27.4. The standard InChI is InChI=1S/C28H27N9O9S3/c29-20-11-2-1-3-14(11)37(31)21(33-20)12-7-48-26-28(9-47,25(45)36(26)18(12)23(41)42)34-22(40)17(13-8-49-27(30)32-13)35-46-19(24(43)44)10-4-5-15(38)16(39)6-10/h4-6,8-9,14,19,26,38-39H,1-3,7,29,31H2,(H2,30,32)(H,34,40)(H,41,42)(H,43,44)/b35-17-/t14?,19?,26-,28?/m0/s1. The van der Waals surface area contributed by atoms with E-state index in [9.17, 15) is 39.6 Å². The summed E-state index contributed by atoms with van der Waals surface area (Å²) in [5.41, 5.74) is 9.81. The van der Waals surface area contributed by atoms with Gasteiger partial charge in [-0.2, -0.15) is 0 Å². The highest BCUT2D eigenvalue weighted by molar-refractivity contribution is 8.00. The number of nitrogens with zero attached hydrogens (tertiary/aromatic N) is 5. The normalized spacial score (nSPS) is 24.1. The van der Waals surface area contributed by atoms with Gasteiger partial charge in [-0.3, -0.25) is 19.5 Å². The number of aliphatic imine (C=N–C) groups is 1. The highest BCUT2D eigenvalue weighted by atomic mass is 32.2. The van der Waals surface area contributed by atoms with Crippen LogP contribution >= 0.6 is 35.3 Å². The number of carboxylic acids is 2. The summed E-state index contributed by atoms with van der Waals surface area (Å²) in [7, 11) is 0. The first kappa shape index (κ1) is 33.6. The van der Waals surface area contributed by atoms with Crippen molar-refractivity contribution >= 4 is 81.1 Å². The molecule has 3 aliphatic heterocycles. The minimum absolute atomic E-state index is 0.00514. The molecule has 18 nitrogen and oxygen atoms in total. The van der Waals surface area contributed by atoms with Gasteiger partial charge in [-0.1, -0.05) is 23.4 Å². The van der Waals surface area contributed by atoms with Gasteiger partial charge in [0.25, 0.3) is 11.8 Å². The third-order valence-corrected chi connectivity index (χ3v) is 10.7. The van der Waals surface area contributed by atoms with Crippen molar-refractivity contribution in [1.29, 1.82) is 0 Å². The molecule has 2 fully saturated rings. The van der Waals surface area contributed by atoms with Crippen LogP contribution in [0.4, 0.5) is 5.13 Å². The van der Waals surface area contributed by atoms with E-state index in [1.165, 1.54) is 10.4 Å². The van der Waals surface area contributed by atoms with Gasteiger partial charge in [-0.25, -0.2) is 25.4 Å². The average Bonchev–Trinajstić information content (AvgIpc) is 3.74. The third-order valence-electron chi connectivity index (χ3n) is 8.30.